The first-order chi connectivity index (χ1) is 10.1. The number of carbonyl (C=O) groups excluding carboxylic acids is 1. The number of nitrogens with one attached hydrogen (secondary N) is 2. The van der Waals surface area contributed by atoms with Gasteiger partial charge in [-0.2, -0.15) is 0 Å². The van der Waals surface area contributed by atoms with Gasteiger partial charge in [-0.3, -0.25) is 15.5 Å². The number of methoxy groups -OCH3 is 1. The lowest BCUT2D eigenvalue weighted by atomic mass is 10.1. The molecule has 0 fully saturated rings. The molecule has 1 rings (SSSR count). The van der Waals surface area contributed by atoms with Gasteiger partial charge < -0.3 is 15.0 Å². The van der Waals surface area contributed by atoms with E-state index in [2.05, 4.69) is 24.1 Å². The fraction of sp³-hybridized carbons (Fsp3) is 0.500. The molecular formula is C14H22ClN3O3. The topological polar surface area (TPSA) is 73.8 Å². The molecule has 0 heterocycles. The molecule has 0 aliphatic heterocycles. The molecule has 0 aliphatic carbocycles. The number of hydrogen-bond donors (Lipinski definition) is 3. The van der Waals surface area contributed by atoms with Crippen molar-refractivity contribution in [3.8, 4) is 5.75 Å². The van der Waals surface area contributed by atoms with E-state index in [1.54, 1.807) is 0 Å². The molecule has 0 saturated carbocycles. The lowest BCUT2D eigenvalue weighted by Crippen LogP contribution is -2.34. The largest absolute Gasteiger partial charge is 0.496 e. The minimum Gasteiger partial charge on any atom is -0.496 e. The van der Waals surface area contributed by atoms with Gasteiger partial charge >= 0.3 is 0 Å². The number of ether oxygens (including phenoxy) is 1. The summed E-state index contributed by atoms with van der Waals surface area (Å²) in [6.07, 6.45) is 0. The van der Waals surface area contributed by atoms with Crippen molar-refractivity contribution >= 4 is 23.2 Å². The third-order valence-electron chi connectivity index (χ3n) is 3.26. The minimum atomic E-state index is -0.259. The fourth-order valence-electron chi connectivity index (χ4n) is 1.95. The van der Waals surface area contributed by atoms with Crippen molar-refractivity contribution in [3.63, 3.8) is 0 Å². The molecule has 0 atom stereocenters. The van der Waals surface area contributed by atoms with Gasteiger partial charge in [-0.25, -0.2) is 0 Å². The molecule has 1 amide bonds. The molecule has 21 heavy (non-hydrogen) atoms. The highest BCUT2D eigenvalue weighted by molar-refractivity contribution is 6.33. The molecule has 3 N–H and O–H groups in total. The Labute approximate surface area is 130 Å². The number of nitrogens with zero attached hydrogens (tertiary/aromatic N) is 1. The van der Waals surface area contributed by atoms with Crippen LogP contribution >= 0.6 is 11.6 Å². The van der Waals surface area contributed by atoms with Crippen LogP contribution in [0.25, 0.3) is 0 Å². The third kappa shape index (κ3) is 4.77. The lowest BCUT2D eigenvalue weighted by Gasteiger charge is -2.18. The highest BCUT2D eigenvalue weighted by Gasteiger charge is 2.15. The van der Waals surface area contributed by atoms with Gasteiger partial charge in [-0.05, 0) is 19.2 Å². The molecule has 0 saturated heterocycles. The van der Waals surface area contributed by atoms with Gasteiger partial charge in [0.2, 0.25) is 0 Å². The normalized spacial score (nSPS) is 10.6. The summed E-state index contributed by atoms with van der Waals surface area (Å²) < 4.78 is 5.15. The summed E-state index contributed by atoms with van der Waals surface area (Å²) in [6, 6.07) is 2.94. The first kappa shape index (κ1) is 17.6. The highest BCUT2D eigenvalue weighted by atomic mass is 35.5. The number of benzene rings is 1. The number of carbonyl (C=O) groups is 1. The van der Waals surface area contributed by atoms with Crippen molar-refractivity contribution in [1.29, 1.82) is 0 Å². The molecule has 0 bridgehead atoms. The van der Waals surface area contributed by atoms with Crippen LogP contribution in [0.2, 0.25) is 5.02 Å². The molecule has 0 aliphatic rings. The Hall–Kier alpha value is -1.50. The number of amides is 1. The van der Waals surface area contributed by atoms with Gasteiger partial charge in [0.1, 0.15) is 5.75 Å². The van der Waals surface area contributed by atoms with Crippen LogP contribution in [0.1, 0.15) is 24.2 Å². The van der Waals surface area contributed by atoms with Crippen LogP contribution < -0.4 is 15.5 Å². The first-order valence-corrected chi connectivity index (χ1v) is 7.23. The maximum atomic E-state index is 12.2. The minimum absolute atomic E-state index is 0.243. The Bertz CT molecular complexity index is 479. The second kappa shape index (κ2) is 8.71. The van der Waals surface area contributed by atoms with Gasteiger partial charge in [0.15, 0.2) is 0 Å². The molecule has 118 valence electrons. The Morgan fingerprint density at radius 1 is 1.38 bits per heavy atom. The van der Waals surface area contributed by atoms with Crippen LogP contribution in [0.3, 0.4) is 0 Å². The summed E-state index contributed by atoms with van der Waals surface area (Å²) in [7, 11) is 1.46. The van der Waals surface area contributed by atoms with Crippen molar-refractivity contribution in [2.45, 2.75) is 13.8 Å². The van der Waals surface area contributed by atoms with Crippen molar-refractivity contribution < 1.29 is 14.7 Å². The van der Waals surface area contributed by atoms with Crippen LogP contribution in [-0.2, 0) is 0 Å². The van der Waals surface area contributed by atoms with Gasteiger partial charge in [0.05, 0.1) is 23.4 Å². The van der Waals surface area contributed by atoms with Crippen molar-refractivity contribution in [1.82, 2.24) is 10.2 Å². The number of halogens is 1. The van der Waals surface area contributed by atoms with E-state index >= 15 is 0 Å². The summed E-state index contributed by atoms with van der Waals surface area (Å²) in [5, 5.41) is 12.0. The van der Waals surface area contributed by atoms with Crippen LogP contribution in [-0.4, -0.2) is 49.3 Å². The van der Waals surface area contributed by atoms with E-state index in [1.165, 1.54) is 19.2 Å². The monoisotopic (exact) mass is 315 g/mol. The third-order valence-corrected chi connectivity index (χ3v) is 3.57. The molecule has 6 nitrogen and oxygen atoms in total. The maximum Gasteiger partial charge on any atom is 0.255 e. The van der Waals surface area contributed by atoms with Crippen molar-refractivity contribution in [2.75, 3.05) is 38.8 Å². The zero-order chi connectivity index (χ0) is 15.8. The Morgan fingerprint density at radius 3 is 2.57 bits per heavy atom. The predicted octanol–water partition coefficient (Wildman–Crippen LogP) is 2.22. The number of anilines is 1. The second-order valence-electron chi connectivity index (χ2n) is 4.43. The van der Waals surface area contributed by atoms with Crippen LogP contribution in [0, 0.1) is 0 Å². The lowest BCUT2D eigenvalue weighted by molar-refractivity contribution is 0.0946. The molecule has 7 heteroatoms. The van der Waals surface area contributed by atoms with Gasteiger partial charge in [0, 0.05) is 19.2 Å². The quantitative estimate of drug-likeness (QED) is 0.641. The van der Waals surface area contributed by atoms with E-state index in [1.807, 2.05) is 5.48 Å². The molecule has 0 unspecified atom stereocenters. The summed E-state index contributed by atoms with van der Waals surface area (Å²) in [5.41, 5.74) is 2.58. The molecule has 0 spiro atoms. The van der Waals surface area contributed by atoms with Gasteiger partial charge in [-0.15, -0.1) is 0 Å². The van der Waals surface area contributed by atoms with E-state index in [-0.39, 0.29) is 16.6 Å². The van der Waals surface area contributed by atoms with Crippen molar-refractivity contribution in [3.05, 3.63) is 22.7 Å². The van der Waals surface area contributed by atoms with E-state index in [0.717, 1.165) is 19.6 Å². The fourth-order valence-corrected chi connectivity index (χ4v) is 2.15. The first-order valence-electron chi connectivity index (χ1n) is 6.85. The maximum absolute atomic E-state index is 12.2. The molecule has 1 aromatic rings. The average molecular weight is 316 g/mol. The number of likely N-dealkylation sites (N-methyl/N-ethyl adjacent to an activating group) is 1. The van der Waals surface area contributed by atoms with Crippen molar-refractivity contribution in [2.24, 2.45) is 0 Å². The highest BCUT2D eigenvalue weighted by Crippen LogP contribution is 2.30. The van der Waals surface area contributed by atoms with E-state index in [4.69, 9.17) is 21.5 Å². The van der Waals surface area contributed by atoms with Gasteiger partial charge in [-0.1, -0.05) is 25.4 Å². The van der Waals surface area contributed by atoms with Gasteiger partial charge in [0.25, 0.3) is 5.91 Å². The SMILES string of the molecule is CCN(CC)CCNC(=O)c1cc(Cl)c(NO)cc1OC. The molecule has 0 aromatic heterocycles. The zero-order valence-corrected chi connectivity index (χ0v) is 13.3. The van der Waals surface area contributed by atoms with E-state index in [0.29, 0.717) is 17.9 Å². The van der Waals surface area contributed by atoms with Crippen LogP contribution in [0.4, 0.5) is 5.69 Å². The Kier molecular flexibility index (Phi) is 7.28. The second-order valence-corrected chi connectivity index (χ2v) is 4.83. The van der Waals surface area contributed by atoms with E-state index in [9.17, 15) is 4.79 Å². The number of hydrogen-bond acceptors (Lipinski definition) is 5. The average Bonchev–Trinajstić information content (AvgIpc) is 2.51. The predicted molar refractivity (Wildman–Crippen MR) is 83.5 cm³/mol. The number of rotatable bonds is 8. The summed E-state index contributed by atoms with van der Waals surface area (Å²) >= 11 is 5.97. The molecular weight excluding hydrogens is 294 g/mol. The Balaban J connectivity index is 2.75. The van der Waals surface area contributed by atoms with Crippen LogP contribution in [0.5, 0.6) is 5.75 Å². The standard InChI is InChI=1S/C14H22ClN3O3/c1-4-18(5-2)7-6-16-14(19)10-8-11(15)12(17-20)9-13(10)21-3/h8-9,17,20H,4-7H2,1-3H3,(H,16,19). The Morgan fingerprint density at radius 2 is 2.05 bits per heavy atom. The zero-order valence-electron chi connectivity index (χ0n) is 12.6. The molecule has 0 radical (unpaired) electrons. The summed E-state index contributed by atoms with van der Waals surface area (Å²) in [5.74, 6) is 0.0849. The van der Waals surface area contributed by atoms with E-state index < -0.39 is 0 Å². The summed E-state index contributed by atoms with van der Waals surface area (Å²) in [4.78, 5) is 14.4. The molecule has 1 aromatic carbocycles. The van der Waals surface area contributed by atoms with Crippen LogP contribution in [0.15, 0.2) is 12.1 Å². The smallest absolute Gasteiger partial charge is 0.255 e. The summed E-state index contributed by atoms with van der Waals surface area (Å²) in [6.45, 7) is 7.37.